The number of nitrogens with two attached hydrogens (primary N) is 1. The molecule has 1 aromatic heterocycles. The minimum Gasteiger partial charge on any atom is -0.483 e. The molecule has 6 nitrogen and oxygen atoms in total. The number of benzene rings is 1. The van der Waals surface area contributed by atoms with Gasteiger partial charge >= 0.3 is 0 Å². The molecular formula is C14H18N4O2S. The molecular weight excluding hydrogens is 288 g/mol. The van der Waals surface area contributed by atoms with Gasteiger partial charge in [0.15, 0.2) is 17.1 Å². The van der Waals surface area contributed by atoms with Crippen molar-refractivity contribution in [3.63, 3.8) is 0 Å². The zero-order valence-electron chi connectivity index (χ0n) is 12.2. The smallest absolute Gasteiger partial charge is 0.227 e. The van der Waals surface area contributed by atoms with E-state index in [0.717, 1.165) is 11.3 Å². The van der Waals surface area contributed by atoms with Gasteiger partial charge in [-0.1, -0.05) is 23.9 Å². The van der Waals surface area contributed by atoms with E-state index in [0.29, 0.717) is 11.0 Å². The Morgan fingerprint density at radius 3 is 2.90 bits per heavy atom. The van der Waals surface area contributed by atoms with Crippen LogP contribution in [0, 0.1) is 6.92 Å². The molecule has 21 heavy (non-hydrogen) atoms. The van der Waals surface area contributed by atoms with Gasteiger partial charge in [0.05, 0.1) is 5.75 Å². The Balaban J connectivity index is 2.09. The molecule has 0 bridgehead atoms. The second-order valence-electron chi connectivity index (χ2n) is 4.73. The molecule has 7 heteroatoms. The van der Waals surface area contributed by atoms with Crippen LogP contribution in [0.1, 0.15) is 24.4 Å². The molecule has 0 fully saturated rings. The molecule has 112 valence electrons. The molecule has 0 aliphatic heterocycles. The lowest BCUT2D eigenvalue weighted by Crippen LogP contribution is -2.14. The molecule has 0 unspecified atom stereocenters. The van der Waals surface area contributed by atoms with Crippen LogP contribution in [0.4, 0.5) is 0 Å². The number of nitrogens with zero attached hydrogens (tertiary/aromatic N) is 3. The van der Waals surface area contributed by atoms with Gasteiger partial charge in [0.25, 0.3) is 0 Å². The predicted molar refractivity (Wildman–Crippen MR) is 81.1 cm³/mol. The molecule has 0 saturated carbocycles. The summed E-state index contributed by atoms with van der Waals surface area (Å²) in [5.74, 6) is 1.29. The summed E-state index contributed by atoms with van der Waals surface area (Å²) in [6.07, 6.45) is -0.243. The van der Waals surface area contributed by atoms with Gasteiger partial charge < -0.3 is 15.0 Å². The van der Waals surface area contributed by atoms with Crippen LogP contribution in [0.3, 0.4) is 0 Å². The quantitative estimate of drug-likeness (QED) is 0.823. The van der Waals surface area contributed by atoms with Crippen LogP contribution in [-0.4, -0.2) is 26.4 Å². The van der Waals surface area contributed by atoms with Crippen LogP contribution in [0.25, 0.3) is 0 Å². The third-order valence-corrected chi connectivity index (χ3v) is 3.92. The highest BCUT2D eigenvalue weighted by atomic mass is 32.2. The number of hydrogen-bond donors (Lipinski definition) is 1. The number of ether oxygens (including phenoxy) is 1. The maximum absolute atomic E-state index is 10.8. The maximum Gasteiger partial charge on any atom is 0.227 e. The Kier molecular flexibility index (Phi) is 4.85. The van der Waals surface area contributed by atoms with Gasteiger partial charge in [-0.05, 0) is 31.5 Å². The molecule has 2 N–H and O–H groups in total. The standard InChI is InChI=1S/C14H18N4O2S/c1-9-5-4-6-11(7-9)20-10(2)13-16-17-14(18(13)3)21-8-12(15)19/h4-7,10H,8H2,1-3H3,(H2,15,19)/t10-/m1/s1. The minimum absolute atomic E-state index is 0.180. The highest BCUT2D eigenvalue weighted by Crippen LogP contribution is 2.23. The van der Waals surface area contributed by atoms with E-state index in [-0.39, 0.29) is 17.8 Å². The maximum atomic E-state index is 10.8. The summed E-state index contributed by atoms with van der Waals surface area (Å²) < 4.78 is 7.69. The molecule has 1 heterocycles. The van der Waals surface area contributed by atoms with E-state index in [1.807, 2.05) is 49.7 Å². The van der Waals surface area contributed by atoms with E-state index >= 15 is 0 Å². The van der Waals surface area contributed by atoms with Crippen LogP contribution in [-0.2, 0) is 11.8 Å². The third-order valence-electron chi connectivity index (χ3n) is 2.88. The number of amides is 1. The number of carbonyl (C=O) groups excluding carboxylic acids is 1. The van der Waals surface area contributed by atoms with Gasteiger partial charge in [-0.15, -0.1) is 10.2 Å². The Bertz CT molecular complexity index is 642. The Morgan fingerprint density at radius 2 is 2.24 bits per heavy atom. The molecule has 1 aromatic carbocycles. The lowest BCUT2D eigenvalue weighted by Gasteiger charge is -2.14. The highest BCUT2D eigenvalue weighted by Gasteiger charge is 2.17. The summed E-state index contributed by atoms with van der Waals surface area (Å²) in [4.78, 5) is 10.8. The SMILES string of the molecule is Cc1cccc(O[C@H](C)c2nnc(SCC(N)=O)n2C)c1. The summed E-state index contributed by atoms with van der Waals surface area (Å²) in [7, 11) is 1.84. The van der Waals surface area contributed by atoms with Gasteiger partial charge in [-0.3, -0.25) is 4.79 Å². The average molecular weight is 306 g/mol. The molecule has 2 aromatic rings. The van der Waals surface area contributed by atoms with Crippen molar-refractivity contribution in [2.45, 2.75) is 25.1 Å². The van der Waals surface area contributed by atoms with E-state index in [4.69, 9.17) is 10.5 Å². The van der Waals surface area contributed by atoms with Crippen LogP contribution < -0.4 is 10.5 Å². The van der Waals surface area contributed by atoms with Crippen molar-refractivity contribution in [1.82, 2.24) is 14.8 Å². The first kappa shape index (κ1) is 15.4. The van der Waals surface area contributed by atoms with Gasteiger partial charge in [-0.25, -0.2) is 0 Å². The van der Waals surface area contributed by atoms with Crippen molar-refractivity contribution >= 4 is 17.7 Å². The zero-order valence-corrected chi connectivity index (χ0v) is 13.1. The molecule has 1 amide bonds. The normalized spacial score (nSPS) is 12.1. The van der Waals surface area contributed by atoms with Crippen LogP contribution in [0.2, 0.25) is 0 Å². The summed E-state index contributed by atoms with van der Waals surface area (Å²) in [6, 6.07) is 7.83. The van der Waals surface area contributed by atoms with Crippen molar-refractivity contribution in [2.24, 2.45) is 12.8 Å². The Labute approximate surface area is 127 Å². The lowest BCUT2D eigenvalue weighted by molar-refractivity contribution is -0.115. The van der Waals surface area contributed by atoms with Crippen LogP contribution >= 0.6 is 11.8 Å². The molecule has 0 saturated heterocycles. The van der Waals surface area contributed by atoms with E-state index in [9.17, 15) is 4.79 Å². The van der Waals surface area contributed by atoms with Gasteiger partial charge in [0.2, 0.25) is 5.91 Å². The Morgan fingerprint density at radius 1 is 1.48 bits per heavy atom. The van der Waals surface area contributed by atoms with Crippen LogP contribution in [0.15, 0.2) is 29.4 Å². The second-order valence-corrected chi connectivity index (χ2v) is 5.67. The number of aromatic nitrogens is 3. The number of rotatable bonds is 6. The fourth-order valence-corrected chi connectivity index (χ4v) is 2.54. The molecule has 0 spiro atoms. The molecule has 0 aliphatic rings. The first-order chi connectivity index (χ1) is 9.97. The number of aryl methyl sites for hydroxylation is 1. The first-order valence-electron chi connectivity index (χ1n) is 6.51. The largest absolute Gasteiger partial charge is 0.483 e. The lowest BCUT2D eigenvalue weighted by atomic mass is 10.2. The van der Waals surface area contributed by atoms with Crippen molar-refractivity contribution in [2.75, 3.05) is 5.75 Å². The summed E-state index contributed by atoms with van der Waals surface area (Å²) in [5.41, 5.74) is 6.27. The van der Waals surface area contributed by atoms with Crippen molar-refractivity contribution in [3.8, 4) is 5.75 Å². The fraction of sp³-hybridized carbons (Fsp3) is 0.357. The zero-order chi connectivity index (χ0) is 15.4. The molecule has 2 rings (SSSR count). The Hall–Kier alpha value is -2.02. The van der Waals surface area contributed by atoms with Gasteiger partial charge in [0, 0.05) is 7.05 Å². The number of hydrogen-bond acceptors (Lipinski definition) is 5. The number of primary amides is 1. The monoisotopic (exact) mass is 306 g/mol. The van der Waals surface area contributed by atoms with Crippen LogP contribution in [0.5, 0.6) is 5.75 Å². The summed E-state index contributed by atoms with van der Waals surface area (Å²) >= 11 is 1.26. The molecule has 1 atom stereocenters. The third kappa shape index (κ3) is 3.98. The molecule has 0 radical (unpaired) electrons. The number of thioether (sulfide) groups is 1. The van der Waals surface area contributed by atoms with E-state index in [2.05, 4.69) is 10.2 Å². The average Bonchev–Trinajstić information content (AvgIpc) is 2.77. The van der Waals surface area contributed by atoms with E-state index in [1.54, 1.807) is 0 Å². The van der Waals surface area contributed by atoms with E-state index < -0.39 is 0 Å². The predicted octanol–water partition coefficient (Wildman–Crippen LogP) is 1.84. The second kappa shape index (κ2) is 6.62. The van der Waals surface area contributed by atoms with Crippen molar-refractivity contribution in [3.05, 3.63) is 35.7 Å². The summed E-state index contributed by atoms with van der Waals surface area (Å²) in [5, 5.41) is 8.83. The summed E-state index contributed by atoms with van der Waals surface area (Å²) in [6.45, 7) is 3.92. The minimum atomic E-state index is -0.381. The van der Waals surface area contributed by atoms with Crippen molar-refractivity contribution in [1.29, 1.82) is 0 Å². The first-order valence-corrected chi connectivity index (χ1v) is 7.49. The van der Waals surface area contributed by atoms with Gasteiger partial charge in [-0.2, -0.15) is 0 Å². The highest BCUT2D eigenvalue weighted by molar-refractivity contribution is 7.99. The fourth-order valence-electron chi connectivity index (χ4n) is 1.89. The topological polar surface area (TPSA) is 83.0 Å². The number of carbonyl (C=O) groups is 1. The van der Waals surface area contributed by atoms with Gasteiger partial charge in [0.1, 0.15) is 5.75 Å². The molecule has 0 aliphatic carbocycles. The van der Waals surface area contributed by atoms with E-state index in [1.165, 1.54) is 11.8 Å². The van der Waals surface area contributed by atoms with Crippen molar-refractivity contribution < 1.29 is 9.53 Å².